The van der Waals surface area contributed by atoms with Crippen LogP contribution in [0.1, 0.15) is 84.5 Å². The zero-order chi connectivity index (χ0) is 45.5. The van der Waals surface area contributed by atoms with Crippen LogP contribution in [0.25, 0.3) is 22.4 Å². The smallest absolute Gasteiger partial charge is 0.246 e. The molecule has 0 spiro atoms. The number of ether oxygens (including phenoxy) is 3. The molecule has 0 radical (unpaired) electrons. The number of thiazole rings is 1. The lowest BCUT2D eigenvalue weighted by atomic mass is 9.83. The Morgan fingerprint density at radius 3 is 2.43 bits per heavy atom. The van der Waals surface area contributed by atoms with Crippen molar-refractivity contribution in [3.8, 4) is 33.9 Å². The first-order chi connectivity index (χ1) is 31.7. The number of amides is 2. The van der Waals surface area contributed by atoms with Crippen molar-refractivity contribution in [1.82, 2.24) is 36.0 Å². The van der Waals surface area contributed by atoms with E-state index in [1.54, 1.807) is 61.8 Å². The summed E-state index contributed by atoms with van der Waals surface area (Å²) in [5.41, 5.74) is 10.8. The van der Waals surface area contributed by atoms with Gasteiger partial charge in [-0.05, 0) is 87.0 Å². The number of phenols is 1. The van der Waals surface area contributed by atoms with Crippen LogP contribution in [0.2, 0.25) is 0 Å². The summed E-state index contributed by atoms with van der Waals surface area (Å²) in [6.07, 6.45) is 6.68. The molecule has 3 heterocycles. The Labute approximate surface area is 384 Å². The number of nitrogens with two attached hydrogens (primary N) is 1. The predicted molar refractivity (Wildman–Crippen MR) is 251 cm³/mol. The second-order valence-electron chi connectivity index (χ2n) is 16.5. The van der Waals surface area contributed by atoms with Gasteiger partial charge in [0.25, 0.3) is 0 Å². The maximum atomic E-state index is 14.2. The molecule has 1 aliphatic carbocycles. The first-order valence-electron chi connectivity index (χ1n) is 22.6. The number of likely N-dealkylation sites (tertiary alicyclic amines) is 1. The highest BCUT2D eigenvalue weighted by Crippen LogP contribution is 2.37. The molecule has 15 nitrogen and oxygen atoms in total. The Hall–Kier alpha value is -5.78. The van der Waals surface area contributed by atoms with Gasteiger partial charge in [0.15, 0.2) is 5.82 Å². The molecule has 2 aliphatic rings. The van der Waals surface area contributed by atoms with Crippen LogP contribution in [0, 0.1) is 5.92 Å². The fourth-order valence-electron chi connectivity index (χ4n) is 8.32. The predicted octanol–water partition coefficient (Wildman–Crippen LogP) is 6.32. The molecule has 344 valence electrons. The van der Waals surface area contributed by atoms with Crippen molar-refractivity contribution >= 4 is 34.8 Å². The molecular formula is C49H60N8O7S. The lowest BCUT2D eigenvalue weighted by molar-refractivity contribution is -0.139. The van der Waals surface area contributed by atoms with Crippen molar-refractivity contribution in [2.75, 3.05) is 58.9 Å². The zero-order valence-corrected chi connectivity index (χ0v) is 38.0. The number of aromatic nitrogens is 3. The Bertz CT molecular complexity index is 2360. The van der Waals surface area contributed by atoms with Crippen molar-refractivity contribution in [1.29, 1.82) is 0 Å². The number of para-hydroxylation sites is 1. The number of phenolic OH excluding ortho intramolecular Hbond substituents is 1. The summed E-state index contributed by atoms with van der Waals surface area (Å²) in [7, 11) is 1.74. The number of likely N-dealkylation sites (N-methyl/N-ethyl adjacent to an activating group) is 1. The van der Waals surface area contributed by atoms with Gasteiger partial charge in [0.05, 0.1) is 44.2 Å². The second kappa shape index (κ2) is 23.4. The summed E-state index contributed by atoms with van der Waals surface area (Å²) in [4.78, 5) is 47.4. The van der Waals surface area contributed by atoms with Gasteiger partial charge in [-0.3, -0.25) is 14.4 Å². The fourth-order valence-corrected chi connectivity index (χ4v) is 9.26. The number of nitrogens with zero attached hydrogens (tertiary/aromatic N) is 4. The second-order valence-corrected chi connectivity index (χ2v) is 17.4. The summed E-state index contributed by atoms with van der Waals surface area (Å²) < 4.78 is 17.3. The minimum atomic E-state index is -0.577. The monoisotopic (exact) mass is 904 g/mol. The lowest BCUT2D eigenvalue weighted by Crippen LogP contribution is -2.55. The van der Waals surface area contributed by atoms with E-state index < -0.39 is 12.1 Å². The number of hydrogen-bond donors (Lipinski definition) is 5. The number of carbonyl (C=O) groups excluding carboxylic acids is 3. The van der Waals surface area contributed by atoms with Gasteiger partial charge < -0.3 is 45.9 Å². The standard InChI is InChI=1S/C49H60N8O7S/c1-32(51-2)47(60)54-44(35-10-4-3-5-11-35)49(61)57-22-9-15-42(57)48-53-41(31-65-48)45(59)36-12-8-13-37(28-36)64-27-26-63-25-24-62-23-21-52-30-33-17-19-34(20-18-33)39-29-40(55-56-46(39)50)38-14-6-7-16-43(38)58/h6-8,12-14,16-20,28-29,31-32,35,42,44,51-52,58H,3-5,9-11,15,21-27,30H2,1-2H3,(H2,50,56)(H,54,60)/t32-,42-,44-/m0/s1. The molecule has 3 atom stereocenters. The Morgan fingerprint density at radius 2 is 1.65 bits per heavy atom. The normalized spacial score (nSPS) is 16.3. The SMILES string of the molecule is CN[C@@H](C)C(=O)N[C@H](C(=O)N1CCC[C@H]1c1nc(C(=O)c2cccc(OCCOCCOCCNCc3ccc(-c4cc(-c5ccccc5O)nnc4N)cc3)c2)cs1)C1CCCCC1. The quantitative estimate of drug-likeness (QED) is 0.0382. The van der Waals surface area contributed by atoms with Crippen molar-refractivity contribution in [2.45, 2.75) is 76.5 Å². The molecule has 16 heteroatoms. The van der Waals surface area contributed by atoms with Crippen LogP contribution in [0.5, 0.6) is 11.5 Å². The van der Waals surface area contributed by atoms with E-state index in [4.69, 9.17) is 24.9 Å². The molecule has 5 aromatic rings. The topological polar surface area (TPSA) is 203 Å². The Morgan fingerprint density at radius 1 is 0.877 bits per heavy atom. The molecule has 6 N–H and O–H groups in total. The number of carbonyl (C=O) groups is 3. The van der Waals surface area contributed by atoms with Gasteiger partial charge >= 0.3 is 0 Å². The van der Waals surface area contributed by atoms with Gasteiger partial charge in [0, 0.05) is 41.7 Å². The number of aromatic hydroxyl groups is 1. The number of hydrogen-bond acceptors (Lipinski definition) is 14. The van der Waals surface area contributed by atoms with Gasteiger partial charge in [-0.2, -0.15) is 0 Å². The van der Waals surface area contributed by atoms with Crippen LogP contribution in [0.3, 0.4) is 0 Å². The zero-order valence-electron chi connectivity index (χ0n) is 37.2. The van der Waals surface area contributed by atoms with E-state index >= 15 is 0 Å². The van der Waals surface area contributed by atoms with Crippen LogP contribution in [0.4, 0.5) is 5.82 Å². The van der Waals surface area contributed by atoms with E-state index in [-0.39, 0.29) is 35.3 Å². The first-order valence-corrected chi connectivity index (χ1v) is 23.5. The maximum Gasteiger partial charge on any atom is 0.246 e. The highest BCUT2D eigenvalue weighted by Gasteiger charge is 2.40. The summed E-state index contributed by atoms with van der Waals surface area (Å²) in [6.45, 7) is 5.79. The molecule has 7 rings (SSSR count). The van der Waals surface area contributed by atoms with Crippen LogP contribution in [0.15, 0.2) is 84.2 Å². The number of nitrogens with one attached hydrogen (secondary N) is 3. The number of ketones is 1. The highest BCUT2D eigenvalue weighted by molar-refractivity contribution is 7.10. The van der Waals surface area contributed by atoms with E-state index in [9.17, 15) is 19.5 Å². The van der Waals surface area contributed by atoms with Crippen molar-refractivity contribution in [2.24, 2.45) is 5.92 Å². The molecule has 1 saturated heterocycles. The molecule has 65 heavy (non-hydrogen) atoms. The molecule has 1 aliphatic heterocycles. The largest absolute Gasteiger partial charge is 0.507 e. The number of rotatable bonds is 22. The minimum absolute atomic E-state index is 0.0562. The third-order valence-corrected chi connectivity index (χ3v) is 13.0. The third-order valence-electron chi connectivity index (χ3n) is 12.1. The molecule has 1 saturated carbocycles. The van der Waals surface area contributed by atoms with Crippen LogP contribution < -0.4 is 26.4 Å². The highest BCUT2D eigenvalue weighted by atomic mass is 32.1. The summed E-state index contributed by atoms with van der Waals surface area (Å²) in [6, 6.07) is 22.7. The van der Waals surface area contributed by atoms with E-state index in [0.29, 0.717) is 86.8 Å². The molecule has 2 amide bonds. The first kappa shape index (κ1) is 47.2. The van der Waals surface area contributed by atoms with E-state index in [2.05, 4.69) is 26.1 Å². The fraction of sp³-hybridized carbons (Fsp3) is 0.429. The number of benzene rings is 3. The Balaban J connectivity index is 0.795. The van der Waals surface area contributed by atoms with Crippen LogP contribution in [-0.2, 0) is 25.6 Å². The van der Waals surface area contributed by atoms with Gasteiger partial charge in [0.2, 0.25) is 17.6 Å². The number of anilines is 1. The van der Waals surface area contributed by atoms with Crippen LogP contribution >= 0.6 is 11.3 Å². The maximum absolute atomic E-state index is 14.2. The van der Waals surface area contributed by atoms with Crippen molar-refractivity contribution in [3.05, 3.63) is 106 Å². The summed E-state index contributed by atoms with van der Waals surface area (Å²) >= 11 is 1.40. The molecule has 3 aromatic carbocycles. The van der Waals surface area contributed by atoms with Gasteiger partial charge in [-0.25, -0.2) is 4.98 Å². The van der Waals surface area contributed by atoms with Gasteiger partial charge in [-0.15, -0.1) is 21.5 Å². The van der Waals surface area contributed by atoms with Gasteiger partial charge in [-0.1, -0.05) is 67.8 Å². The Kier molecular flexibility index (Phi) is 17.0. The van der Waals surface area contributed by atoms with Crippen molar-refractivity contribution in [3.63, 3.8) is 0 Å². The van der Waals surface area contributed by atoms with Gasteiger partial charge in [0.1, 0.15) is 34.8 Å². The van der Waals surface area contributed by atoms with E-state index in [1.807, 2.05) is 41.3 Å². The van der Waals surface area contributed by atoms with E-state index in [0.717, 1.165) is 66.6 Å². The average molecular weight is 905 g/mol. The molecular weight excluding hydrogens is 845 g/mol. The van der Waals surface area contributed by atoms with E-state index in [1.165, 1.54) is 11.3 Å². The number of nitrogen functional groups attached to an aromatic ring is 1. The molecule has 2 aromatic heterocycles. The van der Waals surface area contributed by atoms with Crippen LogP contribution in [-0.4, -0.2) is 108 Å². The molecule has 2 fully saturated rings. The lowest BCUT2D eigenvalue weighted by Gasteiger charge is -2.35. The third kappa shape index (κ3) is 12.5. The molecule has 0 unspecified atom stereocenters. The van der Waals surface area contributed by atoms with Crippen molar-refractivity contribution < 1.29 is 33.7 Å². The summed E-state index contributed by atoms with van der Waals surface area (Å²) in [5, 5.41) is 30.5. The minimum Gasteiger partial charge on any atom is -0.507 e. The molecule has 0 bridgehead atoms. The average Bonchev–Trinajstić information content (AvgIpc) is 4.04. The summed E-state index contributed by atoms with van der Waals surface area (Å²) in [5.74, 6) is 0.660.